The van der Waals surface area contributed by atoms with Crippen LogP contribution in [0.3, 0.4) is 0 Å². The van der Waals surface area contributed by atoms with E-state index in [0.717, 1.165) is 41.6 Å². The van der Waals surface area contributed by atoms with Crippen LogP contribution in [0.15, 0.2) is 0 Å². The Kier molecular flexibility index (Phi) is 4.91. The van der Waals surface area contributed by atoms with Crippen LogP contribution in [0, 0.1) is 18.8 Å². The minimum absolute atomic E-state index is 0.181. The summed E-state index contributed by atoms with van der Waals surface area (Å²) in [7, 11) is 1.94. The van der Waals surface area contributed by atoms with Crippen molar-refractivity contribution in [3.63, 3.8) is 0 Å². The lowest BCUT2D eigenvalue weighted by Crippen LogP contribution is -2.31. The Hall–Kier alpha value is -0.540. The number of aryl methyl sites for hydroxylation is 2. The number of hydrogen-bond acceptors (Lipinski definition) is 2. The molecule has 0 bridgehead atoms. The summed E-state index contributed by atoms with van der Waals surface area (Å²) in [5.41, 5.74) is 1.95. The van der Waals surface area contributed by atoms with Crippen LogP contribution >= 0.6 is 11.6 Å². The molecule has 0 amide bonds. The molecular weight excluding hydrogens is 260 g/mol. The molecule has 0 radical (unpaired) electrons. The Morgan fingerprint density at radius 2 is 2.16 bits per heavy atom. The van der Waals surface area contributed by atoms with Crippen molar-refractivity contribution in [3.05, 3.63) is 16.4 Å². The Morgan fingerprint density at radius 3 is 2.74 bits per heavy atom. The molecule has 0 saturated heterocycles. The number of rotatable bonds is 4. The number of hydrogen-bond donors (Lipinski definition) is 1. The minimum atomic E-state index is -0.181. The maximum absolute atomic E-state index is 10.2. The third-order valence-corrected chi connectivity index (χ3v) is 4.96. The second-order valence-electron chi connectivity index (χ2n) is 5.97. The summed E-state index contributed by atoms with van der Waals surface area (Å²) in [6.07, 6.45) is 6.40. The number of halogens is 1. The Balaban J connectivity index is 2.07. The van der Waals surface area contributed by atoms with Gasteiger partial charge in [-0.25, -0.2) is 0 Å². The van der Waals surface area contributed by atoms with Crippen LogP contribution in [0.1, 0.15) is 50.4 Å². The van der Waals surface area contributed by atoms with Crippen molar-refractivity contribution in [1.82, 2.24) is 9.78 Å². The molecule has 0 aromatic carbocycles. The van der Waals surface area contributed by atoms with Crippen molar-refractivity contribution < 1.29 is 5.11 Å². The highest BCUT2D eigenvalue weighted by Crippen LogP contribution is 2.35. The van der Waals surface area contributed by atoms with Crippen LogP contribution in [0.2, 0.25) is 5.02 Å². The predicted octanol–water partition coefficient (Wildman–Crippen LogP) is 3.50. The van der Waals surface area contributed by atoms with Crippen molar-refractivity contribution in [2.45, 2.75) is 58.5 Å². The van der Waals surface area contributed by atoms with Crippen molar-refractivity contribution in [2.75, 3.05) is 0 Å². The van der Waals surface area contributed by atoms with Gasteiger partial charge in [0.15, 0.2) is 0 Å². The molecule has 1 aromatic rings. The zero-order valence-electron chi connectivity index (χ0n) is 12.2. The molecule has 1 saturated carbocycles. The molecule has 1 heterocycles. The second-order valence-corrected chi connectivity index (χ2v) is 6.35. The molecular formula is C15H25ClN2O. The van der Waals surface area contributed by atoms with Gasteiger partial charge in [-0.2, -0.15) is 5.10 Å². The molecule has 3 nitrogen and oxygen atoms in total. The highest BCUT2D eigenvalue weighted by Gasteiger charge is 2.30. The molecule has 3 unspecified atom stereocenters. The Labute approximate surface area is 121 Å². The van der Waals surface area contributed by atoms with Crippen molar-refractivity contribution >= 4 is 11.6 Å². The van der Waals surface area contributed by atoms with E-state index in [9.17, 15) is 5.11 Å². The Morgan fingerprint density at radius 1 is 1.42 bits per heavy atom. The first-order valence-electron chi connectivity index (χ1n) is 7.39. The van der Waals surface area contributed by atoms with Gasteiger partial charge >= 0.3 is 0 Å². The Bertz CT molecular complexity index is 430. The van der Waals surface area contributed by atoms with E-state index in [-0.39, 0.29) is 6.10 Å². The van der Waals surface area contributed by atoms with Crippen LogP contribution in [0.25, 0.3) is 0 Å². The van der Waals surface area contributed by atoms with E-state index in [1.54, 1.807) is 0 Å². The lowest BCUT2D eigenvalue weighted by Gasteiger charge is -2.33. The first kappa shape index (κ1) is 14.9. The molecule has 108 valence electrons. The van der Waals surface area contributed by atoms with Crippen molar-refractivity contribution in [2.24, 2.45) is 18.9 Å². The standard InChI is InChI=1S/C15H25ClN2O/c1-4-5-11-6-7-14(19)12(8-11)9-13-15(16)10(2)17-18(13)3/h11-12,14,19H,4-9H2,1-3H3. The smallest absolute Gasteiger partial charge is 0.0847 e. The molecule has 1 aliphatic rings. The molecule has 0 aliphatic heterocycles. The molecule has 2 rings (SSSR count). The SMILES string of the molecule is CCCC1CCC(O)C(Cc2c(Cl)c(C)nn2C)C1. The number of aliphatic hydroxyl groups excluding tert-OH is 1. The number of aliphatic hydroxyl groups is 1. The van der Waals surface area contributed by atoms with Crippen LogP contribution in [-0.4, -0.2) is 21.0 Å². The molecule has 4 heteroatoms. The van der Waals surface area contributed by atoms with Crippen LogP contribution in [0.5, 0.6) is 0 Å². The zero-order valence-corrected chi connectivity index (χ0v) is 13.0. The summed E-state index contributed by atoms with van der Waals surface area (Å²) in [6.45, 7) is 4.17. The molecule has 19 heavy (non-hydrogen) atoms. The van der Waals surface area contributed by atoms with Crippen LogP contribution in [-0.2, 0) is 13.5 Å². The van der Waals surface area contributed by atoms with Gasteiger partial charge in [0.25, 0.3) is 0 Å². The first-order chi connectivity index (χ1) is 9.02. The topological polar surface area (TPSA) is 38.1 Å². The molecule has 3 atom stereocenters. The maximum Gasteiger partial charge on any atom is 0.0847 e. The van der Waals surface area contributed by atoms with Gasteiger partial charge in [-0.1, -0.05) is 31.4 Å². The second kappa shape index (κ2) is 6.27. The average Bonchev–Trinajstić information content (AvgIpc) is 2.60. The first-order valence-corrected chi connectivity index (χ1v) is 7.76. The van der Waals surface area contributed by atoms with Gasteiger partial charge in [0.05, 0.1) is 22.5 Å². The third-order valence-electron chi connectivity index (χ3n) is 4.47. The summed E-state index contributed by atoms with van der Waals surface area (Å²) >= 11 is 6.31. The summed E-state index contributed by atoms with van der Waals surface area (Å²) in [5, 5.41) is 15.4. The summed E-state index contributed by atoms with van der Waals surface area (Å²) in [4.78, 5) is 0. The summed E-state index contributed by atoms with van der Waals surface area (Å²) in [6, 6.07) is 0. The van der Waals surface area contributed by atoms with Crippen LogP contribution < -0.4 is 0 Å². The molecule has 1 aromatic heterocycles. The van der Waals surface area contributed by atoms with Gasteiger partial charge in [0.1, 0.15) is 0 Å². The lowest BCUT2D eigenvalue weighted by molar-refractivity contribution is 0.0454. The fourth-order valence-corrected chi connectivity index (χ4v) is 3.62. The maximum atomic E-state index is 10.2. The van der Waals surface area contributed by atoms with E-state index < -0.39 is 0 Å². The van der Waals surface area contributed by atoms with Gasteiger partial charge in [0.2, 0.25) is 0 Å². The minimum Gasteiger partial charge on any atom is -0.393 e. The predicted molar refractivity (Wildman–Crippen MR) is 78.4 cm³/mol. The van der Waals surface area contributed by atoms with E-state index in [1.807, 2.05) is 18.7 Å². The molecule has 1 N–H and O–H groups in total. The van der Waals surface area contributed by atoms with Gasteiger partial charge in [0, 0.05) is 7.05 Å². The average molecular weight is 285 g/mol. The van der Waals surface area contributed by atoms with E-state index in [1.165, 1.54) is 19.3 Å². The lowest BCUT2D eigenvalue weighted by atomic mass is 9.76. The fraction of sp³-hybridized carbons (Fsp3) is 0.800. The monoisotopic (exact) mass is 284 g/mol. The molecule has 1 fully saturated rings. The molecule has 1 aliphatic carbocycles. The number of nitrogens with zero attached hydrogens (tertiary/aromatic N) is 2. The van der Waals surface area contributed by atoms with E-state index in [0.29, 0.717) is 5.92 Å². The van der Waals surface area contributed by atoms with Gasteiger partial charge in [-0.15, -0.1) is 0 Å². The summed E-state index contributed by atoms with van der Waals surface area (Å²) < 4.78 is 1.87. The fourth-order valence-electron chi connectivity index (χ4n) is 3.39. The zero-order chi connectivity index (χ0) is 14.0. The van der Waals surface area contributed by atoms with E-state index in [4.69, 9.17) is 11.6 Å². The molecule has 0 spiro atoms. The highest BCUT2D eigenvalue weighted by atomic mass is 35.5. The van der Waals surface area contributed by atoms with Gasteiger partial charge < -0.3 is 5.11 Å². The largest absolute Gasteiger partial charge is 0.393 e. The van der Waals surface area contributed by atoms with Gasteiger partial charge in [-0.05, 0) is 44.4 Å². The van der Waals surface area contributed by atoms with Crippen molar-refractivity contribution in [1.29, 1.82) is 0 Å². The number of aromatic nitrogens is 2. The van der Waals surface area contributed by atoms with Crippen LogP contribution in [0.4, 0.5) is 0 Å². The third kappa shape index (κ3) is 3.32. The van der Waals surface area contributed by atoms with E-state index in [2.05, 4.69) is 12.0 Å². The quantitative estimate of drug-likeness (QED) is 0.919. The highest BCUT2D eigenvalue weighted by molar-refractivity contribution is 6.31. The van der Waals surface area contributed by atoms with Gasteiger partial charge in [-0.3, -0.25) is 4.68 Å². The summed E-state index contributed by atoms with van der Waals surface area (Å²) in [5.74, 6) is 1.10. The van der Waals surface area contributed by atoms with Crippen molar-refractivity contribution in [3.8, 4) is 0 Å². The van der Waals surface area contributed by atoms with E-state index >= 15 is 0 Å². The normalized spacial score (nSPS) is 27.7.